The SMILES string of the molecule is CN(C)CCCCCCCCCCC(=O)OCc1ccccc1. The molecule has 3 heteroatoms. The lowest BCUT2D eigenvalue weighted by Gasteiger charge is -2.08. The highest BCUT2D eigenvalue weighted by atomic mass is 16.5. The van der Waals surface area contributed by atoms with Crippen molar-refractivity contribution in [3.05, 3.63) is 35.9 Å². The van der Waals surface area contributed by atoms with Crippen molar-refractivity contribution in [2.24, 2.45) is 0 Å². The number of esters is 1. The van der Waals surface area contributed by atoms with Gasteiger partial charge in [0.05, 0.1) is 0 Å². The average molecular weight is 319 g/mol. The highest BCUT2D eigenvalue weighted by Crippen LogP contribution is 2.10. The summed E-state index contributed by atoms with van der Waals surface area (Å²) < 4.78 is 5.28. The normalized spacial score (nSPS) is 10.9. The van der Waals surface area contributed by atoms with Crippen LogP contribution in [0, 0.1) is 0 Å². The van der Waals surface area contributed by atoms with Gasteiger partial charge in [0.2, 0.25) is 0 Å². The molecule has 0 unspecified atom stereocenters. The lowest BCUT2D eigenvalue weighted by molar-refractivity contribution is -0.145. The number of nitrogens with zero attached hydrogens (tertiary/aromatic N) is 1. The van der Waals surface area contributed by atoms with Crippen molar-refractivity contribution in [1.82, 2.24) is 4.90 Å². The molecule has 0 N–H and O–H groups in total. The Bertz CT molecular complexity index is 403. The maximum atomic E-state index is 11.7. The van der Waals surface area contributed by atoms with Crippen LogP contribution in [0.2, 0.25) is 0 Å². The second kappa shape index (κ2) is 13.1. The topological polar surface area (TPSA) is 29.5 Å². The molecule has 1 aromatic rings. The van der Waals surface area contributed by atoms with E-state index in [0.717, 1.165) is 18.4 Å². The molecule has 0 atom stereocenters. The Hall–Kier alpha value is -1.35. The van der Waals surface area contributed by atoms with Gasteiger partial charge in [-0.05, 0) is 39.0 Å². The van der Waals surface area contributed by atoms with Crippen LogP contribution in [0.25, 0.3) is 0 Å². The number of benzene rings is 1. The van der Waals surface area contributed by atoms with Crippen molar-refractivity contribution in [1.29, 1.82) is 0 Å². The van der Waals surface area contributed by atoms with E-state index in [1.54, 1.807) is 0 Å². The molecule has 0 aliphatic carbocycles. The molecule has 23 heavy (non-hydrogen) atoms. The summed E-state index contributed by atoms with van der Waals surface area (Å²) in [6.07, 6.45) is 10.5. The van der Waals surface area contributed by atoms with Crippen LogP contribution in [0.3, 0.4) is 0 Å². The lowest BCUT2D eigenvalue weighted by atomic mass is 10.1. The molecule has 0 bridgehead atoms. The van der Waals surface area contributed by atoms with Gasteiger partial charge in [-0.1, -0.05) is 68.9 Å². The van der Waals surface area contributed by atoms with Crippen LogP contribution >= 0.6 is 0 Å². The summed E-state index contributed by atoms with van der Waals surface area (Å²) in [6, 6.07) is 9.85. The number of hydrogen-bond donors (Lipinski definition) is 0. The largest absolute Gasteiger partial charge is 0.461 e. The van der Waals surface area contributed by atoms with Gasteiger partial charge in [0.15, 0.2) is 0 Å². The van der Waals surface area contributed by atoms with Crippen LogP contribution in [-0.2, 0) is 16.1 Å². The molecule has 1 aromatic carbocycles. The number of carbonyl (C=O) groups excluding carboxylic acids is 1. The summed E-state index contributed by atoms with van der Waals surface area (Å²) in [4.78, 5) is 13.9. The summed E-state index contributed by atoms with van der Waals surface area (Å²) in [5.74, 6) is -0.0717. The van der Waals surface area contributed by atoms with Crippen molar-refractivity contribution < 1.29 is 9.53 Å². The Balaban J connectivity index is 1.86. The van der Waals surface area contributed by atoms with E-state index in [-0.39, 0.29) is 5.97 Å². The van der Waals surface area contributed by atoms with Gasteiger partial charge >= 0.3 is 5.97 Å². The predicted molar refractivity (Wildman–Crippen MR) is 96.3 cm³/mol. The van der Waals surface area contributed by atoms with Gasteiger partial charge in [-0.25, -0.2) is 0 Å². The van der Waals surface area contributed by atoms with Gasteiger partial charge in [-0.15, -0.1) is 0 Å². The molecule has 130 valence electrons. The maximum Gasteiger partial charge on any atom is 0.306 e. The van der Waals surface area contributed by atoms with Crippen LogP contribution in [0.5, 0.6) is 0 Å². The summed E-state index contributed by atoms with van der Waals surface area (Å²) in [7, 11) is 4.26. The Kier molecular flexibility index (Phi) is 11.2. The molecule has 0 saturated carbocycles. The average Bonchev–Trinajstić information content (AvgIpc) is 2.55. The third kappa shape index (κ3) is 11.8. The highest BCUT2D eigenvalue weighted by molar-refractivity contribution is 5.69. The quantitative estimate of drug-likeness (QED) is 0.386. The van der Waals surface area contributed by atoms with Gasteiger partial charge in [-0.3, -0.25) is 4.79 Å². The molecule has 0 aromatic heterocycles. The molecular formula is C20H33NO2. The van der Waals surface area contributed by atoms with E-state index in [0.29, 0.717) is 13.0 Å². The molecule has 0 heterocycles. The summed E-state index contributed by atoms with van der Waals surface area (Å²) in [6.45, 7) is 1.59. The second-order valence-corrected chi connectivity index (χ2v) is 6.53. The molecule has 0 aliphatic heterocycles. The first kappa shape index (κ1) is 19.7. The predicted octanol–water partition coefficient (Wildman–Crippen LogP) is 4.80. The van der Waals surface area contributed by atoms with Crippen molar-refractivity contribution in [3.63, 3.8) is 0 Å². The molecule has 3 nitrogen and oxygen atoms in total. The van der Waals surface area contributed by atoms with Crippen LogP contribution in [0.15, 0.2) is 30.3 Å². The summed E-state index contributed by atoms with van der Waals surface area (Å²) in [5.41, 5.74) is 1.05. The highest BCUT2D eigenvalue weighted by Gasteiger charge is 2.03. The van der Waals surface area contributed by atoms with Crippen molar-refractivity contribution in [2.75, 3.05) is 20.6 Å². The van der Waals surface area contributed by atoms with E-state index in [4.69, 9.17) is 4.74 Å². The Morgan fingerprint density at radius 3 is 2.04 bits per heavy atom. The van der Waals surface area contributed by atoms with E-state index in [9.17, 15) is 4.79 Å². The first-order chi connectivity index (χ1) is 11.2. The smallest absolute Gasteiger partial charge is 0.306 e. The van der Waals surface area contributed by atoms with Crippen LogP contribution < -0.4 is 0 Å². The van der Waals surface area contributed by atoms with E-state index in [2.05, 4.69) is 19.0 Å². The fourth-order valence-corrected chi connectivity index (χ4v) is 2.57. The zero-order valence-electron chi connectivity index (χ0n) is 14.9. The molecule has 0 aliphatic rings. The zero-order chi connectivity index (χ0) is 16.8. The van der Waals surface area contributed by atoms with Gasteiger partial charge in [0, 0.05) is 6.42 Å². The van der Waals surface area contributed by atoms with Crippen molar-refractivity contribution >= 4 is 5.97 Å². The standard InChI is InChI=1S/C20H33NO2/c1-21(2)17-13-8-6-4-3-5-7-12-16-20(22)23-18-19-14-10-9-11-15-19/h9-11,14-15H,3-8,12-13,16-18H2,1-2H3. The lowest BCUT2D eigenvalue weighted by Crippen LogP contribution is -2.12. The molecular weight excluding hydrogens is 286 g/mol. The van der Waals surface area contributed by atoms with Gasteiger partial charge in [-0.2, -0.15) is 0 Å². The third-order valence-corrected chi connectivity index (χ3v) is 3.98. The second-order valence-electron chi connectivity index (χ2n) is 6.53. The minimum Gasteiger partial charge on any atom is -0.461 e. The Morgan fingerprint density at radius 2 is 1.43 bits per heavy atom. The number of hydrogen-bond acceptors (Lipinski definition) is 3. The minimum absolute atomic E-state index is 0.0717. The summed E-state index contributed by atoms with van der Waals surface area (Å²) >= 11 is 0. The first-order valence-corrected chi connectivity index (χ1v) is 9.03. The zero-order valence-corrected chi connectivity index (χ0v) is 14.9. The van der Waals surface area contributed by atoms with Crippen LogP contribution in [-0.4, -0.2) is 31.5 Å². The molecule has 0 fully saturated rings. The first-order valence-electron chi connectivity index (χ1n) is 9.03. The number of ether oxygens (including phenoxy) is 1. The van der Waals surface area contributed by atoms with Crippen LogP contribution in [0.1, 0.15) is 63.4 Å². The van der Waals surface area contributed by atoms with Crippen molar-refractivity contribution in [3.8, 4) is 0 Å². The van der Waals surface area contributed by atoms with Crippen LogP contribution in [0.4, 0.5) is 0 Å². The van der Waals surface area contributed by atoms with Gasteiger partial charge in [0.25, 0.3) is 0 Å². The van der Waals surface area contributed by atoms with Crippen molar-refractivity contribution in [2.45, 2.75) is 64.4 Å². The molecule has 1 rings (SSSR count). The van der Waals surface area contributed by atoms with Gasteiger partial charge in [0.1, 0.15) is 6.61 Å². The Labute approximate surface area is 142 Å². The Morgan fingerprint density at radius 1 is 0.870 bits per heavy atom. The van der Waals surface area contributed by atoms with E-state index >= 15 is 0 Å². The number of unbranched alkanes of at least 4 members (excludes halogenated alkanes) is 7. The van der Waals surface area contributed by atoms with E-state index < -0.39 is 0 Å². The van der Waals surface area contributed by atoms with Gasteiger partial charge < -0.3 is 9.64 Å². The molecule has 0 saturated heterocycles. The fourth-order valence-electron chi connectivity index (χ4n) is 2.57. The fraction of sp³-hybridized carbons (Fsp3) is 0.650. The third-order valence-electron chi connectivity index (χ3n) is 3.98. The molecule has 0 spiro atoms. The molecule has 0 amide bonds. The molecule has 0 radical (unpaired) electrons. The van der Waals surface area contributed by atoms with E-state index in [1.807, 2.05) is 30.3 Å². The maximum absolute atomic E-state index is 11.7. The number of rotatable bonds is 13. The number of carbonyl (C=O) groups is 1. The minimum atomic E-state index is -0.0717. The summed E-state index contributed by atoms with van der Waals surface area (Å²) in [5, 5.41) is 0. The monoisotopic (exact) mass is 319 g/mol. The van der Waals surface area contributed by atoms with E-state index in [1.165, 1.54) is 45.1 Å².